The van der Waals surface area contributed by atoms with Crippen molar-refractivity contribution in [2.24, 2.45) is 0 Å². The van der Waals surface area contributed by atoms with Gasteiger partial charge in [-0.3, -0.25) is 4.79 Å². The molecule has 3 rings (SSSR count). The summed E-state index contributed by atoms with van der Waals surface area (Å²) in [7, 11) is -3.62. The Hall–Kier alpha value is -2.71. The second kappa shape index (κ2) is 9.20. The van der Waals surface area contributed by atoms with Crippen LogP contribution in [0.25, 0.3) is 11.0 Å². The third-order valence-electron chi connectivity index (χ3n) is 5.61. The van der Waals surface area contributed by atoms with E-state index in [0.717, 1.165) is 28.0 Å². The van der Waals surface area contributed by atoms with E-state index in [1.165, 1.54) is 4.31 Å². The van der Waals surface area contributed by atoms with Crippen LogP contribution in [-0.4, -0.2) is 41.3 Å². The van der Waals surface area contributed by atoms with Crippen molar-refractivity contribution in [3.63, 3.8) is 0 Å². The zero-order valence-corrected chi connectivity index (χ0v) is 19.6. The molecule has 31 heavy (non-hydrogen) atoms. The molecule has 7 nitrogen and oxygen atoms in total. The zero-order chi connectivity index (χ0) is 22.8. The van der Waals surface area contributed by atoms with E-state index in [2.05, 4.69) is 10.3 Å². The van der Waals surface area contributed by atoms with Gasteiger partial charge in [0.25, 0.3) is 0 Å². The fraction of sp³-hybridized carbons (Fsp3) is 0.391. The maximum Gasteiger partial charge on any atom is 0.244 e. The fourth-order valence-corrected chi connectivity index (χ4v) is 5.29. The van der Waals surface area contributed by atoms with Gasteiger partial charge in [0.2, 0.25) is 15.9 Å². The maximum absolute atomic E-state index is 13.0. The van der Waals surface area contributed by atoms with Gasteiger partial charge in [-0.2, -0.15) is 4.31 Å². The summed E-state index contributed by atoms with van der Waals surface area (Å²) in [6.07, 6.45) is 0.706. The molecule has 0 fully saturated rings. The van der Waals surface area contributed by atoms with Gasteiger partial charge < -0.3 is 9.88 Å². The summed E-state index contributed by atoms with van der Waals surface area (Å²) in [5.41, 5.74) is 3.92. The first kappa shape index (κ1) is 23.0. The van der Waals surface area contributed by atoms with Crippen LogP contribution in [0.1, 0.15) is 37.7 Å². The molecule has 1 N–H and O–H groups in total. The Morgan fingerprint density at radius 1 is 1.10 bits per heavy atom. The number of imidazole rings is 1. The molecule has 1 amide bonds. The van der Waals surface area contributed by atoms with Gasteiger partial charge in [0.1, 0.15) is 12.4 Å². The number of hydrogen-bond donors (Lipinski definition) is 1. The first-order chi connectivity index (χ1) is 14.7. The second-order valence-electron chi connectivity index (χ2n) is 7.51. The first-order valence-corrected chi connectivity index (χ1v) is 12.0. The molecule has 1 heterocycles. The Kier molecular flexibility index (Phi) is 6.81. The number of fused-ring (bicyclic) bond motifs is 1. The van der Waals surface area contributed by atoms with Gasteiger partial charge in [-0.15, -0.1) is 0 Å². The Morgan fingerprint density at radius 2 is 1.77 bits per heavy atom. The van der Waals surface area contributed by atoms with E-state index in [4.69, 9.17) is 0 Å². The van der Waals surface area contributed by atoms with E-state index < -0.39 is 10.0 Å². The second-order valence-corrected chi connectivity index (χ2v) is 9.44. The number of aryl methyl sites for hydroxylation is 2. The van der Waals surface area contributed by atoms with Crippen molar-refractivity contribution in [3.8, 4) is 0 Å². The van der Waals surface area contributed by atoms with Crippen LogP contribution in [0.4, 0.5) is 5.69 Å². The van der Waals surface area contributed by atoms with Crippen molar-refractivity contribution in [1.82, 2.24) is 13.9 Å². The number of nitrogens with one attached hydrogen (secondary N) is 1. The standard InChI is InChI=1S/C23H30N4O3S/c1-6-22-24-19-11-9-10-12-21(19)27(22)15-23(28)25-20-14-18(13-16(4)17(20)5)31(29,30)26(7-2)8-3/h9-14H,6-8,15H2,1-5H3,(H,25,28). The molecule has 0 saturated heterocycles. The summed E-state index contributed by atoms with van der Waals surface area (Å²) in [6, 6.07) is 10.9. The smallest absolute Gasteiger partial charge is 0.244 e. The van der Waals surface area contributed by atoms with Gasteiger partial charge in [-0.25, -0.2) is 13.4 Å². The summed E-state index contributed by atoms with van der Waals surface area (Å²) >= 11 is 0. The number of amides is 1. The number of para-hydroxylation sites is 2. The summed E-state index contributed by atoms with van der Waals surface area (Å²) < 4.78 is 29.3. The molecule has 0 saturated carbocycles. The van der Waals surface area contributed by atoms with Crippen molar-refractivity contribution in [3.05, 3.63) is 53.3 Å². The van der Waals surface area contributed by atoms with Gasteiger partial charge in [-0.05, 0) is 49.2 Å². The minimum Gasteiger partial charge on any atom is -0.324 e. The monoisotopic (exact) mass is 442 g/mol. The van der Waals surface area contributed by atoms with Crippen LogP contribution in [0.5, 0.6) is 0 Å². The molecule has 0 aliphatic carbocycles. The maximum atomic E-state index is 13.0. The van der Waals surface area contributed by atoms with Crippen LogP contribution in [0.3, 0.4) is 0 Å². The lowest BCUT2D eigenvalue weighted by Crippen LogP contribution is -2.31. The third-order valence-corrected chi connectivity index (χ3v) is 7.64. The quantitative estimate of drug-likeness (QED) is 0.574. The number of benzene rings is 2. The molecule has 0 atom stereocenters. The number of nitrogens with zero attached hydrogens (tertiary/aromatic N) is 3. The van der Waals surface area contributed by atoms with E-state index in [9.17, 15) is 13.2 Å². The number of sulfonamides is 1. The normalized spacial score (nSPS) is 11.9. The molecule has 0 unspecified atom stereocenters. The van der Waals surface area contributed by atoms with Crippen molar-refractivity contribution in [2.75, 3.05) is 18.4 Å². The van der Waals surface area contributed by atoms with E-state index in [-0.39, 0.29) is 17.3 Å². The highest BCUT2D eigenvalue weighted by Crippen LogP contribution is 2.26. The van der Waals surface area contributed by atoms with Gasteiger partial charge in [0, 0.05) is 25.2 Å². The lowest BCUT2D eigenvalue weighted by Gasteiger charge is -2.20. The predicted octanol–water partition coefficient (Wildman–Crippen LogP) is 3.88. The fourth-order valence-electron chi connectivity index (χ4n) is 3.72. The van der Waals surface area contributed by atoms with Gasteiger partial charge in [0.15, 0.2) is 0 Å². The molecular weight excluding hydrogens is 412 g/mol. The summed E-state index contributed by atoms with van der Waals surface area (Å²) in [6.45, 7) is 10.2. The number of carbonyl (C=O) groups excluding carboxylic acids is 1. The molecule has 0 aliphatic heterocycles. The molecule has 0 spiro atoms. The minimum atomic E-state index is -3.62. The highest BCUT2D eigenvalue weighted by atomic mass is 32.2. The molecule has 0 bridgehead atoms. The van der Waals surface area contributed by atoms with Crippen LogP contribution in [0.15, 0.2) is 41.3 Å². The minimum absolute atomic E-state index is 0.106. The van der Waals surface area contributed by atoms with Gasteiger partial charge >= 0.3 is 0 Å². The number of aromatic nitrogens is 2. The highest BCUT2D eigenvalue weighted by molar-refractivity contribution is 7.89. The van der Waals surface area contributed by atoms with Crippen molar-refractivity contribution >= 4 is 32.7 Å². The van der Waals surface area contributed by atoms with Crippen molar-refractivity contribution in [2.45, 2.75) is 52.5 Å². The van der Waals surface area contributed by atoms with Gasteiger partial charge in [0.05, 0.1) is 15.9 Å². The Morgan fingerprint density at radius 3 is 2.42 bits per heavy atom. The van der Waals surface area contributed by atoms with Crippen molar-refractivity contribution < 1.29 is 13.2 Å². The van der Waals surface area contributed by atoms with E-state index in [1.54, 1.807) is 12.1 Å². The molecule has 166 valence electrons. The molecular formula is C23H30N4O3S. The summed E-state index contributed by atoms with van der Waals surface area (Å²) in [4.78, 5) is 17.7. The van der Waals surface area contributed by atoms with Crippen LogP contribution in [-0.2, 0) is 27.8 Å². The molecule has 1 aromatic heterocycles. The van der Waals surface area contributed by atoms with E-state index >= 15 is 0 Å². The molecule has 0 aliphatic rings. The topological polar surface area (TPSA) is 84.3 Å². The van der Waals surface area contributed by atoms with E-state index in [0.29, 0.717) is 25.2 Å². The zero-order valence-electron chi connectivity index (χ0n) is 18.8. The summed E-state index contributed by atoms with van der Waals surface area (Å²) in [5.74, 6) is 0.611. The molecule has 8 heteroatoms. The molecule has 2 aromatic carbocycles. The molecule has 0 radical (unpaired) electrons. The third kappa shape index (κ3) is 4.50. The summed E-state index contributed by atoms with van der Waals surface area (Å²) in [5, 5.41) is 2.92. The number of anilines is 1. The Balaban J connectivity index is 1.93. The van der Waals surface area contributed by atoms with Crippen LogP contribution in [0.2, 0.25) is 0 Å². The lowest BCUT2D eigenvalue weighted by atomic mass is 10.1. The number of carbonyl (C=O) groups is 1. The van der Waals surface area contributed by atoms with Crippen molar-refractivity contribution in [1.29, 1.82) is 0 Å². The SMILES string of the molecule is CCc1nc2ccccc2n1CC(=O)Nc1cc(S(=O)(=O)N(CC)CC)cc(C)c1C. The van der Waals surface area contributed by atoms with Crippen LogP contribution in [0, 0.1) is 13.8 Å². The average Bonchev–Trinajstić information content (AvgIpc) is 3.09. The Labute approximate surface area is 184 Å². The Bertz CT molecular complexity index is 1210. The van der Waals surface area contributed by atoms with Gasteiger partial charge in [-0.1, -0.05) is 32.9 Å². The number of rotatable bonds is 8. The predicted molar refractivity (Wildman–Crippen MR) is 124 cm³/mol. The molecule has 3 aromatic rings. The lowest BCUT2D eigenvalue weighted by molar-refractivity contribution is -0.116. The number of hydrogen-bond acceptors (Lipinski definition) is 4. The largest absolute Gasteiger partial charge is 0.324 e. The van der Waals surface area contributed by atoms with Crippen LogP contribution < -0.4 is 5.32 Å². The highest BCUT2D eigenvalue weighted by Gasteiger charge is 2.23. The van der Waals surface area contributed by atoms with E-state index in [1.807, 2.05) is 63.5 Å². The van der Waals surface area contributed by atoms with Crippen LogP contribution >= 0.6 is 0 Å². The first-order valence-electron chi connectivity index (χ1n) is 10.6. The average molecular weight is 443 g/mol.